The molecule has 1 aliphatic heterocycles. The predicted octanol–water partition coefficient (Wildman–Crippen LogP) is 2.56. The van der Waals surface area contributed by atoms with Gasteiger partial charge in [-0.1, -0.05) is 18.2 Å². The molecule has 0 N–H and O–H groups in total. The highest BCUT2D eigenvalue weighted by Gasteiger charge is 2.29. The van der Waals surface area contributed by atoms with Crippen molar-refractivity contribution in [1.29, 1.82) is 0 Å². The van der Waals surface area contributed by atoms with Crippen molar-refractivity contribution in [2.24, 2.45) is 0 Å². The van der Waals surface area contributed by atoms with Crippen molar-refractivity contribution in [3.63, 3.8) is 0 Å². The van der Waals surface area contributed by atoms with Crippen LogP contribution in [0.1, 0.15) is 35.0 Å². The number of piperidine rings is 1. The fourth-order valence-electron chi connectivity index (χ4n) is 3.63. The molecule has 136 valence electrons. The van der Waals surface area contributed by atoms with Crippen molar-refractivity contribution >= 4 is 16.9 Å². The molecule has 3 heterocycles. The highest BCUT2D eigenvalue weighted by Crippen LogP contribution is 2.29. The van der Waals surface area contributed by atoms with Crippen LogP contribution in [0.25, 0.3) is 11.0 Å². The highest BCUT2D eigenvalue weighted by atomic mass is 16.3. The Bertz CT molecular complexity index is 892. The molecule has 2 aromatic heterocycles. The zero-order valence-electron chi connectivity index (χ0n) is 15.1. The van der Waals surface area contributed by atoms with E-state index in [-0.39, 0.29) is 5.91 Å². The van der Waals surface area contributed by atoms with Gasteiger partial charge in [0.2, 0.25) is 0 Å². The fourth-order valence-corrected chi connectivity index (χ4v) is 3.63. The second kappa shape index (κ2) is 6.92. The number of likely N-dealkylation sites (tertiary alicyclic amines) is 1. The van der Waals surface area contributed by atoms with Crippen molar-refractivity contribution < 1.29 is 9.21 Å². The smallest absolute Gasteiger partial charge is 0.289 e. The first-order chi connectivity index (χ1) is 12.6. The molecule has 1 fully saturated rings. The summed E-state index contributed by atoms with van der Waals surface area (Å²) in [6, 6.07) is 8.16. The van der Waals surface area contributed by atoms with Gasteiger partial charge < -0.3 is 14.2 Å². The van der Waals surface area contributed by atoms with Crippen molar-refractivity contribution in [3.05, 3.63) is 48.2 Å². The average molecular weight is 353 g/mol. The van der Waals surface area contributed by atoms with E-state index in [1.807, 2.05) is 47.9 Å². The SMILES string of the molecule is CN(C)Cc1c(C(=O)N2CCC(n3cncn3)CC2)oc2ccccc12. The van der Waals surface area contributed by atoms with Crippen LogP contribution >= 0.6 is 0 Å². The van der Waals surface area contributed by atoms with Crippen LogP contribution < -0.4 is 0 Å². The number of benzene rings is 1. The Morgan fingerprint density at radius 2 is 2.04 bits per heavy atom. The molecular weight excluding hydrogens is 330 g/mol. The summed E-state index contributed by atoms with van der Waals surface area (Å²) >= 11 is 0. The lowest BCUT2D eigenvalue weighted by Gasteiger charge is -2.31. The van der Waals surface area contributed by atoms with Crippen LogP contribution in [-0.2, 0) is 6.54 Å². The summed E-state index contributed by atoms with van der Waals surface area (Å²) < 4.78 is 7.86. The Balaban J connectivity index is 1.56. The summed E-state index contributed by atoms with van der Waals surface area (Å²) in [5.41, 5.74) is 1.74. The van der Waals surface area contributed by atoms with Gasteiger partial charge in [-0.15, -0.1) is 0 Å². The molecule has 0 saturated carbocycles. The quantitative estimate of drug-likeness (QED) is 0.721. The van der Waals surface area contributed by atoms with E-state index in [1.54, 1.807) is 12.7 Å². The topological polar surface area (TPSA) is 67.4 Å². The third-order valence-electron chi connectivity index (χ3n) is 4.93. The first-order valence-electron chi connectivity index (χ1n) is 8.92. The third kappa shape index (κ3) is 3.10. The molecule has 0 spiro atoms. The summed E-state index contributed by atoms with van der Waals surface area (Å²) in [6.45, 7) is 2.07. The van der Waals surface area contributed by atoms with Gasteiger partial charge in [0.25, 0.3) is 5.91 Å². The van der Waals surface area contributed by atoms with E-state index in [4.69, 9.17) is 4.42 Å². The summed E-state index contributed by atoms with van der Waals surface area (Å²) in [4.78, 5) is 21.1. The van der Waals surface area contributed by atoms with Crippen LogP contribution in [0.15, 0.2) is 41.3 Å². The van der Waals surface area contributed by atoms with Crippen LogP contribution in [0, 0.1) is 0 Å². The number of amides is 1. The summed E-state index contributed by atoms with van der Waals surface area (Å²) in [5, 5.41) is 5.24. The lowest BCUT2D eigenvalue weighted by molar-refractivity contribution is 0.0657. The lowest BCUT2D eigenvalue weighted by Crippen LogP contribution is -2.39. The van der Waals surface area contributed by atoms with E-state index < -0.39 is 0 Å². The van der Waals surface area contributed by atoms with Gasteiger partial charge in [-0.3, -0.25) is 4.79 Å². The molecule has 7 nitrogen and oxygen atoms in total. The molecule has 26 heavy (non-hydrogen) atoms. The van der Waals surface area contributed by atoms with Gasteiger partial charge in [-0.25, -0.2) is 9.67 Å². The number of carbonyl (C=O) groups is 1. The first-order valence-corrected chi connectivity index (χ1v) is 8.92. The van der Waals surface area contributed by atoms with Crippen molar-refractivity contribution in [2.75, 3.05) is 27.2 Å². The molecular formula is C19H23N5O2. The number of para-hydroxylation sites is 1. The van der Waals surface area contributed by atoms with Gasteiger partial charge in [0.1, 0.15) is 18.2 Å². The Kier molecular flexibility index (Phi) is 4.46. The van der Waals surface area contributed by atoms with E-state index >= 15 is 0 Å². The number of hydrogen-bond acceptors (Lipinski definition) is 5. The van der Waals surface area contributed by atoms with Crippen LogP contribution in [0.2, 0.25) is 0 Å². The Morgan fingerprint density at radius 1 is 1.27 bits per heavy atom. The zero-order chi connectivity index (χ0) is 18.1. The third-order valence-corrected chi connectivity index (χ3v) is 4.93. The fraction of sp³-hybridized carbons (Fsp3) is 0.421. The van der Waals surface area contributed by atoms with Crippen molar-refractivity contribution in [3.8, 4) is 0 Å². The zero-order valence-corrected chi connectivity index (χ0v) is 15.1. The molecule has 0 unspecified atom stereocenters. The van der Waals surface area contributed by atoms with Crippen LogP contribution in [-0.4, -0.2) is 57.7 Å². The van der Waals surface area contributed by atoms with Gasteiger partial charge in [-0.2, -0.15) is 5.10 Å². The Morgan fingerprint density at radius 3 is 2.73 bits per heavy atom. The Hall–Kier alpha value is -2.67. The van der Waals surface area contributed by atoms with Gasteiger partial charge >= 0.3 is 0 Å². The second-order valence-electron chi connectivity index (χ2n) is 7.04. The molecule has 1 saturated heterocycles. The Labute approximate surface area is 152 Å². The van der Waals surface area contributed by atoms with E-state index in [0.717, 1.165) is 29.4 Å². The molecule has 7 heteroatoms. The normalized spacial score (nSPS) is 15.9. The van der Waals surface area contributed by atoms with Gasteiger partial charge in [-0.05, 0) is 33.0 Å². The highest BCUT2D eigenvalue weighted by molar-refractivity contribution is 5.99. The maximum atomic E-state index is 13.1. The van der Waals surface area contributed by atoms with Crippen molar-refractivity contribution in [2.45, 2.75) is 25.4 Å². The molecule has 1 aliphatic rings. The largest absolute Gasteiger partial charge is 0.451 e. The predicted molar refractivity (Wildman–Crippen MR) is 97.8 cm³/mol. The number of nitrogens with zero attached hydrogens (tertiary/aromatic N) is 5. The molecule has 4 rings (SSSR count). The maximum Gasteiger partial charge on any atom is 0.289 e. The standard InChI is InChI=1S/C19H23N5O2/c1-22(2)11-16-15-5-3-4-6-17(15)26-18(16)19(25)23-9-7-14(8-10-23)24-13-20-12-21-24/h3-6,12-14H,7-11H2,1-2H3. The first kappa shape index (κ1) is 16.8. The summed E-state index contributed by atoms with van der Waals surface area (Å²) in [7, 11) is 4.00. The van der Waals surface area contributed by atoms with Crippen molar-refractivity contribution in [1.82, 2.24) is 24.6 Å². The molecule has 3 aromatic rings. The number of carbonyl (C=O) groups excluding carboxylic acids is 1. The minimum atomic E-state index is -0.0184. The number of hydrogen-bond donors (Lipinski definition) is 0. The van der Waals surface area contributed by atoms with E-state index in [9.17, 15) is 4.79 Å². The van der Waals surface area contributed by atoms with Gasteiger partial charge in [0, 0.05) is 30.6 Å². The molecule has 1 aromatic carbocycles. The minimum Gasteiger partial charge on any atom is -0.451 e. The number of rotatable bonds is 4. The van der Waals surface area contributed by atoms with Crippen LogP contribution in [0.5, 0.6) is 0 Å². The monoisotopic (exact) mass is 353 g/mol. The second-order valence-corrected chi connectivity index (χ2v) is 7.04. The molecule has 0 atom stereocenters. The number of fused-ring (bicyclic) bond motifs is 1. The van der Waals surface area contributed by atoms with E-state index in [0.29, 0.717) is 31.4 Å². The number of furan rings is 1. The van der Waals surface area contributed by atoms with E-state index in [1.165, 1.54) is 0 Å². The van der Waals surface area contributed by atoms with Gasteiger partial charge in [0.15, 0.2) is 5.76 Å². The van der Waals surface area contributed by atoms with Crippen LogP contribution in [0.4, 0.5) is 0 Å². The number of aromatic nitrogens is 3. The lowest BCUT2D eigenvalue weighted by atomic mass is 10.0. The molecule has 1 amide bonds. The van der Waals surface area contributed by atoms with Gasteiger partial charge in [0.05, 0.1) is 6.04 Å². The molecule has 0 bridgehead atoms. The maximum absolute atomic E-state index is 13.1. The average Bonchev–Trinajstić information content (AvgIpc) is 3.30. The molecule has 0 aliphatic carbocycles. The van der Waals surface area contributed by atoms with E-state index in [2.05, 4.69) is 15.0 Å². The van der Waals surface area contributed by atoms with Crippen LogP contribution in [0.3, 0.4) is 0 Å². The molecule has 0 radical (unpaired) electrons. The summed E-state index contributed by atoms with van der Waals surface area (Å²) in [5.74, 6) is 0.453. The summed E-state index contributed by atoms with van der Waals surface area (Å²) in [6.07, 6.45) is 5.05. The minimum absolute atomic E-state index is 0.0184.